The zero-order valence-electron chi connectivity index (χ0n) is 10.2. The van der Waals surface area contributed by atoms with E-state index in [-0.39, 0.29) is 23.4 Å². The van der Waals surface area contributed by atoms with Crippen LogP contribution in [0, 0.1) is 5.92 Å². The number of fused-ring (bicyclic) bond motifs is 1. The van der Waals surface area contributed by atoms with Gasteiger partial charge >= 0.3 is 5.97 Å². The van der Waals surface area contributed by atoms with Gasteiger partial charge in [0.1, 0.15) is 0 Å². The summed E-state index contributed by atoms with van der Waals surface area (Å²) < 4.78 is 0. The number of anilines is 1. The highest BCUT2D eigenvalue weighted by molar-refractivity contribution is 5.87. The number of piperidine rings is 1. The lowest BCUT2D eigenvalue weighted by molar-refractivity contribution is -0.123. The fourth-order valence-electron chi connectivity index (χ4n) is 2.78. The molecule has 7 nitrogen and oxygen atoms in total. The molecule has 100 valence electrons. The molecule has 2 fully saturated rings. The summed E-state index contributed by atoms with van der Waals surface area (Å²) in [7, 11) is 0. The molecule has 0 aliphatic carbocycles. The van der Waals surface area contributed by atoms with E-state index in [1.165, 1.54) is 12.4 Å². The van der Waals surface area contributed by atoms with Crippen LogP contribution in [0.4, 0.5) is 5.95 Å². The number of hydrogen-bond acceptors (Lipinski definition) is 5. The highest BCUT2D eigenvalue weighted by Gasteiger charge is 2.41. The van der Waals surface area contributed by atoms with Crippen LogP contribution in [0.5, 0.6) is 0 Å². The topological polar surface area (TPSA) is 95.4 Å². The van der Waals surface area contributed by atoms with Gasteiger partial charge in [0.2, 0.25) is 11.9 Å². The van der Waals surface area contributed by atoms with Crippen molar-refractivity contribution in [2.75, 3.05) is 18.0 Å². The first kappa shape index (κ1) is 11.9. The van der Waals surface area contributed by atoms with Gasteiger partial charge in [0.05, 0.1) is 17.5 Å². The van der Waals surface area contributed by atoms with Gasteiger partial charge in [-0.1, -0.05) is 0 Å². The Hall–Kier alpha value is -2.18. The van der Waals surface area contributed by atoms with Crippen molar-refractivity contribution in [3.63, 3.8) is 0 Å². The summed E-state index contributed by atoms with van der Waals surface area (Å²) in [6, 6.07) is 0.0805. The first-order chi connectivity index (χ1) is 9.16. The van der Waals surface area contributed by atoms with Gasteiger partial charge in [0, 0.05) is 25.5 Å². The van der Waals surface area contributed by atoms with Crippen LogP contribution in [0.1, 0.15) is 23.2 Å². The molecule has 2 unspecified atom stereocenters. The van der Waals surface area contributed by atoms with Crippen molar-refractivity contribution in [2.24, 2.45) is 5.92 Å². The second-order valence-electron chi connectivity index (χ2n) is 4.83. The molecule has 0 spiro atoms. The van der Waals surface area contributed by atoms with Gasteiger partial charge in [-0.05, 0) is 12.8 Å². The van der Waals surface area contributed by atoms with Gasteiger partial charge in [-0.2, -0.15) is 0 Å². The minimum Gasteiger partial charge on any atom is -0.478 e. The molecule has 1 aromatic rings. The van der Waals surface area contributed by atoms with Gasteiger partial charge in [-0.25, -0.2) is 14.8 Å². The summed E-state index contributed by atoms with van der Waals surface area (Å²) >= 11 is 0. The normalized spacial score (nSPS) is 25.9. The SMILES string of the molecule is O=C(O)c1cnc(N2CCCC3C(=O)NCC32)nc1. The molecule has 3 rings (SSSR count). The molecular formula is C12H14N4O3. The van der Waals surface area contributed by atoms with Crippen LogP contribution in [-0.4, -0.2) is 46.1 Å². The van der Waals surface area contributed by atoms with Crippen LogP contribution < -0.4 is 10.2 Å². The Morgan fingerprint density at radius 1 is 1.42 bits per heavy atom. The molecule has 3 heterocycles. The van der Waals surface area contributed by atoms with Crippen LogP contribution in [0.2, 0.25) is 0 Å². The summed E-state index contributed by atoms with van der Waals surface area (Å²) in [5.74, 6) is -0.453. The minimum absolute atomic E-state index is 0.00324. The monoisotopic (exact) mass is 262 g/mol. The van der Waals surface area contributed by atoms with Gasteiger partial charge in [0.15, 0.2) is 0 Å². The molecule has 0 radical (unpaired) electrons. The Kier molecular flexibility index (Phi) is 2.81. The van der Waals surface area contributed by atoms with E-state index < -0.39 is 5.97 Å². The zero-order valence-corrected chi connectivity index (χ0v) is 10.2. The van der Waals surface area contributed by atoms with Gasteiger partial charge in [-0.15, -0.1) is 0 Å². The Morgan fingerprint density at radius 3 is 2.84 bits per heavy atom. The standard InChI is InChI=1S/C12H14N4O3/c17-10-8-2-1-3-16(9(8)6-13-10)12-14-4-7(5-15-12)11(18)19/h4-5,8-9H,1-3,6H2,(H,13,17)(H,18,19). The number of amides is 1. The van der Waals surface area contributed by atoms with E-state index >= 15 is 0 Å². The third-order valence-electron chi connectivity index (χ3n) is 3.74. The first-order valence-corrected chi connectivity index (χ1v) is 6.26. The second kappa shape index (κ2) is 4.49. The summed E-state index contributed by atoms with van der Waals surface area (Å²) in [6.45, 7) is 1.40. The van der Waals surface area contributed by atoms with Crippen molar-refractivity contribution in [1.29, 1.82) is 0 Å². The van der Waals surface area contributed by atoms with Gasteiger partial charge in [0.25, 0.3) is 0 Å². The lowest BCUT2D eigenvalue weighted by atomic mass is 9.92. The van der Waals surface area contributed by atoms with E-state index in [4.69, 9.17) is 5.11 Å². The van der Waals surface area contributed by atoms with Crippen molar-refractivity contribution in [3.05, 3.63) is 18.0 Å². The van der Waals surface area contributed by atoms with E-state index in [1.54, 1.807) is 0 Å². The maximum Gasteiger partial charge on any atom is 0.338 e. The quantitative estimate of drug-likeness (QED) is 0.772. The zero-order chi connectivity index (χ0) is 13.4. The number of hydrogen-bond donors (Lipinski definition) is 2. The largest absolute Gasteiger partial charge is 0.478 e. The summed E-state index contributed by atoms with van der Waals surface area (Å²) in [4.78, 5) is 32.6. The number of aromatic carboxylic acids is 1. The highest BCUT2D eigenvalue weighted by atomic mass is 16.4. The Morgan fingerprint density at radius 2 is 2.16 bits per heavy atom. The number of nitrogens with one attached hydrogen (secondary N) is 1. The molecule has 0 saturated carbocycles. The molecule has 2 N–H and O–H groups in total. The fourth-order valence-corrected chi connectivity index (χ4v) is 2.78. The van der Waals surface area contributed by atoms with E-state index in [0.29, 0.717) is 12.5 Å². The fraction of sp³-hybridized carbons (Fsp3) is 0.500. The van der Waals surface area contributed by atoms with Crippen LogP contribution in [0.15, 0.2) is 12.4 Å². The van der Waals surface area contributed by atoms with Crippen molar-refractivity contribution >= 4 is 17.8 Å². The molecule has 0 bridgehead atoms. The number of rotatable bonds is 2. The molecule has 0 aromatic carbocycles. The number of carboxylic acid groups (broad SMARTS) is 1. The summed E-state index contributed by atoms with van der Waals surface area (Å²) in [5, 5.41) is 11.7. The molecule has 7 heteroatoms. The number of carbonyl (C=O) groups is 2. The van der Waals surface area contributed by atoms with Crippen LogP contribution in [0.25, 0.3) is 0 Å². The summed E-state index contributed by atoms with van der Waals surface area (Å²) in [5.41, 5.74) is 0.0675. The number of nitrogens with zero attached hydrogens (tertiary/aromatic N) is 3. The second-order valence-corrected chi connectivity index (χ2v) is 4.83. The van der Waals surface area contributed by atoms with Crippen molar-refractivity contribution in [3.8, 4) is 0 Å². The van der Waals surface area contributed by atoms with Gasteiger partial charge in [-0.3, -0.25) is 4.79 Å². The summed E-state index contributed by atoms with van der Waals surface area (Å²) in [6.07, 6.45) is 4.41. The van der Waals surface area contributed by atoms with Crippen molar-refractivity contribution < 1.29 is 14.7 Å². The van der Waals surface area contributed by atoms with E-state index in [9.17, 15) is 9.59 Å². The Bertz CT molecular complexity index is 516. The highest BCUT2D eigenvalue weighted by Crippen LogP contribution is 2.29. The molecule has 2 aliphatic heterocycles. The van der Waals surface area contributed by atoms with Crippen LogP contribution in [0.3, 0.4) is 0 Å². The molecular weight excluding hydrogens is 248 g/mol. The van der Waals surface area contributed by atoms with Crippen molar-refractivity contribution in [2.45, 2.75) is 18.9 Å². The number of carboxylic acids is 1. The molecule has 1 aromatic heterocycles. The Balaban J connectivity index is 1.85. The number of carbonyl (C=O) groups excluding carboxylic acids is 1. The lowest BCUT2D eigenvalue weighted by Crippen LogP contribution is -2.46. The average Bonchev–Trinajstić information content (AvgIpc) is 2.81. The van der Waals surface area contributed by atoms with Crippen LogP contribution in [-0.2, 0) is 4.79 Å². The predicted molar refractivity (Wildman–Crippen MR) is 65.9 cm³/mol. The molecule has 2 aliphatic rings. The predicted octanol–water partition coefficient (Wildman–Crippen LogP) is -0.110. The molecule has 1 amide bonds. The maximum atomic E-state index is 11.7. The molecule has 2 atom stereocenters. The van der Waals surface area contributed by atoms with Crippen molar-refractivity contribution in [1.82, 2.24) is 15.3 Å². The minimum atomic E-state index is -1.04. The van der Waals surface area contributed by atoms with E-state index in [1.807, 2.05) is 4.90 Å². The van der Waals surface area contributed by atoms with E-state index in [0.717, 1.165) is 19.4 Å². The van der Waals surface area contributed by atoms with E-state index in [2.05, 4.69) is 15.3 Å². The van der Waals surface area contributed by atoms with Crippen LogP contribution >= 0.6 is 0 Å². The smallest absolute Gasteiger partial charge is 0.338 e. The molecule has 2 saturated heterocycles. The maximum absolute atomic E-state index is 11.7. The Labute approximate surface area is 109 Å². The third kappa shape index (κ3) is 2.00. The average molecular weight is 262 g/mol. The number of aromatic nitrogens is 2. The first-order valence-electron chi connectivity index (χ1n) is 6.26. The molecule has 19 heavy (non-hydrogen) atoms. The lowest BCUT2D eigenvalue weighted by Gasteiger charge is -2.35. The van der Waals surface area contributed by atoms with Gasteiger partial charge < -0.3 is 15.3 Å². The third-order valence-corrected chi connectivity index (χ3v) is 3.74.